The van der Waals surface area contributed by atoms with Gasteiger partial charge in [0.05, 0.1) is 0 Å². The minimum absolute atomic E-state index is 0. The van der Waals surface area contributed by atoms with Gasteiger partial charge in [-0.3, -0.25) is 0 Å². The Labute approximate surface area is 151 Å². The van der Waals surface area contributed by atoms with E-state index < -0.39 is 0 Å². The van der Waals surface area contributed by atoms with Crippen LogP contribution in [0.15, 0.2) is 0 Å². The van der Waals surface area contributed by atoms with E-state index >= 15 is 0 Å². The Bertz CT molecular complexity index is 15.5. The number of hydrogen-bond acceptors (Lipinski definition) is 0. The van der Waals surface area contributed by atoms with Crippen LogP contribution < -0.4 is 0 Å². The van der Waals surface area contributed by atoms with Crippen molar-refractivity contribution in [2.45, 2.75) is 0 Å². The molecule has 0 saturated heterocycles. The molecule has 0 spiro atoms. The van der Waals surface area contributed by atoms with E-state index in [0.717, 1.165) is 0 Å². The summed E-state index contributed by atoms with van der Waals surface area (Å²) in [5.41, 5.74) is 0. The third-order valence-corrected chi connectivity index (χ3v) is 0. The van der Waals surface area contributed by atoms with E-state index in [1.165, 1.54) is 0 Å². The number of rotatable bonds is 0. The Balaban J connectivity index is 0. The average Bonchev–Trinajstić information content (AvgIpc) is 0. The van der Waals surface area contributed by atoms with Gasteiger partial charge in [0.25, 0.3) is 0 Å². The summed E-state index contributed by atoms with van der Waals surface area (Å²) in [4.78, 5) is 0. The van der Waals surface area contributed by atoms with Gasteiger partial charge in [-0.2, -0.15) is 0 Å². The molecule has 0 aliphatic heterocycles. The zero-order chi connectivity index (χ0) is 0. The Kier molecular flexibility index (Phi) is 229. The second-order valence-corrected chi connectivity index (χ2v) is 0. The summed E-state index contributed by atoms with van der Waals surface area (Å²) < 4.78 is 0. The fourth-order valence-corrected chi connectivity index (χ4v) is 0. The van der Waals surface area contributed by atoms with Gasteiger partial charge >= 0.3 is 128 Å². The van der Waals surface area contributed by atoms with Crippen molar-refractivity contribution in [1.82, 2.24) is 0 Å². The predicted molar refractivity (Wildman–Crippen MR) is 46.9 cm³/mol. The maximum atomic E-state index is 0. The van der Waals surface area contributed by atoms with Crippen molar-refractivity contribution in [3.8, 4) is 0 Å². The Morgan fingerprint density at radius 1 is 1.00 bits per heavy atom. The van der Waals surface area contributed by atoms with Crippen molar-refractivity contribution in [2.24, 2.45) is 0 Å². The maximum absolute atomic E-state index is 0. The van der Waals surface area contributed by atoms with Gasteiger partial charge in [0.2, 0.25) is 0 Å². The van der Waals surface area contributed by atoms with E-state index in [1.54, 1.807) is 0 Å². The first-order valence-electron chi connectivity index (χ1n) is 0. The predicted octanol–water partition coefficient (Wildman–Crippen LogP) is -5.39. The molecule has 0 aromatic rings. The summed E-state index contributed by atoms with van der Waals surface area (Å²) in [6.45, 7) is 0. The molecule has 6 heavy (non-hydrogen) atoms. The minimum atomic E-state index is 0. The number of hydrogen-bond donors (Lipinski definition) is 0. The molecule has 6 heteroatoms. The van der Waals surface area contributed by atoms with Gasteiger partial charge in [0.15, 0.2) is 0 Å². The molecule has 0 atom stereocenters. The van der Waals surface area contributed by atoms with Crippen LogP contribution in [0.3, 0.4) is 0 Å². The fraction of sp³-hybridized carbons (Fsp3) is 0. The summed E-state index contributed by atoms with van der Waals surface area (Å²) in [5.74, 6) is 0. The summed E-state index contributed by atoms with van der Waals surface area (Å²) >= 11 is 0. The van der Waals surface area contributed by atoms with Crippen molar-refractivity contribution in [3.05, 3.63) is 0 Å². The van der Waals surface area contributed by atoms with E-state index in [1.807, 2.05) is 0 Å². The first-order valence-corrected chi connectivity index (χ1v) is 0. The van der Waals surface area contributed by atoms with E-state index in [4.69, 9.17) is 0 Å². The first-order chi connectivity index (χ1) is 0. The summed E-state index contributed by atoms with van der Waals surface area (Å²) in [5, 5.41) is 0. The van der Waals surface area contributed by atoms with Gasteiger partial charge < -0.3 is 0 Å². The Hall–Kier alpha value is 5.21. The van der Waals surface area contributed by atoms with Crippen molar-refractivity contribution in [1.29, 1.82) is 0 Å². The molecule has 0 fully saturated rings. The molecule has 0 bridgehead atoms. The third kappa shape index (κ3) is 22.9. The summed E-state index contributed by atoms with van der Waals surface area (Å²) in [7, 11) is 0. The quantitative estimate of drug-likeness (QED) is 0.214. The Morgan fingerprint density at radius 2 is 1.00 bits per heavy atom. The zero-order valence-corrected chi connectivity index (χ0v) is 26.6. The van der Waals surface area contributed by atoms with Crippen LogP contribution in [0.1, 0.15) is 0 Å². The second kappa shape index (κ2) is 31.9. The van der Waals surface area contributed by atoms with Crippen LogP contribution in [0.2, 0.25) is 0 Å². The van der Waals surface area contributed by atoms with Gasteiger partial charge in [0.1, 0.15) is 0 Å². The monoisotopic (exact) mass is 900 g/mol. The van der Waals surface area contributed by atoms with Gasteiger partial charge in [-0.15, -0.1) is 0 Å². The standard InChI is InChI=1S/Bi.Cd.In.Pb.Sb.Sn.13H. The SMILES string of the molecule is [BiH3].[Cd].[InH3].[PbH2].[SbH3].[SnH2]. The van der Waals surface area contributed by atoms with E-state index in [0.29, 0.717) is 0 Å². The third-order valence-electron chi connectivity index (χ3n) is 0. The van der Waals surface area contributed by atoms with Crippen LogP contribution in [-0.2, 0) is 27.3 Å². The molecular formula is H13BiCdInPbSbSn. The molecule has 0 nitrogen and oxygen atoms in total. The van der Waals surface area contributed by atoms with Gasteiger partial charge in [-0.05, 0) is 0 Å². The molecule has 0 aromatic heterocycles. The molecule has 36 valence electrons. The molecule has 0 rings (SSSR count). The molecule has 0 heterocycles. The molecular weight excluding hydrogens is 884 g/mol. The fourth-order valence-electron chi connectivity index (χ4n) is 0. The van der Waals surface area contributed by atoms with Gasteiger partial charge in [-0.25, -0.2) is 0 Å². The van der Waals surface area contributed by atoms with Crippen LogP contribution >= 0.6 is 0 Å². The normalized spacial score (nSPS) is 0. The van der Waals surface area contributed by atoms with E-state index in [2.05, 4.69) is 0 Å². The van der Waals surface area contributed by atoms with Gasteiger partial charge in [-0.1, -0.05) is 0 Å². The van der Waals surface area contributed by atoms with Crippen molar-refractivity contribution >= 4 is 128 Å². The summed E-state index contributed by atoms with van der Waals surface area (Å²) in [6, 6.07) is 0. The van der Waals surface area contributed by atoms with Crippen LogP contribution in [0.5, 0.6) is 0 Å². The zero-order valence-electron chi connectivity index (χ0n) is 3.54. The molecule has 0 aliphatic carbocycles. The molecule has 0 saturated carbocycles. The molecule has 0 aliphatic rings. The first kappa shape index (κ1) is 43.0. The van der Waals surface area contributed by atoms with Gasteiger partial charge in [0, 0.05) is 27.3 Å². The van der Waals surface area contributed by atoms with Crippen molar-refractivity contribution in [2.75, 3.05) is 0 Å². The van der Waals surface area contributed by atoms with Crippen molar-refractivity contribution in [3.63, 3.8) is 0 Å². The topological polar surface area (TPSA) is 0 Å². The van der Waals surface area contributed by atoms with Crippen LogP contribution in [0.4, 0.5) is 0 Å². The van der Waals surface area contributed by atoms with Crippen LogP contribution in [-0.4, -0.2) is 128 Å². The summed E-state index contributed by atoms with van der Waals surface area (Å²) in [6.07, 6.45) is 0. The second-order valence-electron chi connectivity index (χ2n) is 0. The Morgan fingerprint density at radius 3 is 1.00 bits per heavy atom. The van der Waals surface area contributed by atoms with Crippen molar-refractivity contribution < 1.29 is 27.3 Å². The van der Waals surface area contributed by atoms with Crippen LogP contribution in [0, 0.1) is 0 Å². The molecule has 0 unspecified atom stereocenters. The molecule has 0 amide bonds. The van der Waals surface area contributed by atoms with Crippen LogP contribution in [0.25, 0.3) is 0 Å². The molecule has 0 aromatic carbocycles. The van der Waals surface area contributed by atoms with E-state index in [9.17, 15) is 0 Å². The van der Waals surface area contributed by atoms with E-state index in [-0.39, 0.29) is 155 Å². The average molecular weight is 897 g/mol. The molecule has 4 radical (unpaired) electrons. The molecule has 0 N–H and O–H groups in total.